The summed E-state index contributed by atoms with van der Waals surface area (Å²) in [5, 5.41) is 9.72. The summed E-state index contributed by atoms with van der Waals surface area (Å²) in [5.74, 6) is 0. The van der Waals surface area contributed by atoms with Crippen molar-refractivity contribution in [1.82, 2.24) is 4.57 Å². The molecule has 2 aromatic rings. The molecule has 4 heteroatoms. The minimum atomic E-state index is 0.0724. The maximum Gasteiger partial charge on any atom is 0.0698 e. The summed E-state index contributed by atoms with van der Waals surface area (Å²) in [5.41, 5.74) is 7.64. The molecule has 0 spiro atoms. The number of hydrogen-bond donors (Lipinski definition) is 2. The van der Waals surface area contributed by atoms with Crippen LogP contribution >= 0.6 is 0 Å². The van der Waals surface area contributed by atoms with Crippen LogP contribution in [0.1, 0.15) is 0 Å². The van der Waals surface area contributed by atoms with E-state index in [1.165, 1.54) is 0 Å². The van der Waals surface area contributed by atoms with Crippen LogP contribution in [0, 0.1) is 0 Å². The van der Waals surface area contributed by atoms with Gasteiger partial charge in [-0.05, 0) is 24.3 Å². The van der Waals surface area contributed by atoms with Gasteiger partial charge < -0.3 is 20.1 Å². The minimum absolute atomic E-state index is 0.0724. The van der Waals surface area contributed by atoms with Crippen molar-refractivity contribution < 1.29 is 9.84 Å². The van der Waals surface area contributed by atoms with Crippen molar-refractivity contribution in [1.29, 1.82) is 0 Å². The lowest BCUT2D eigenvalue weighted by molar-refractivity contribution is 0.0875. The quantitative estimate of drug-likeness (QED) is 0.588. The van der Waals surface area contributed by atoms with Gasteiger partial charge in [0.15, 0.2) is 0 Å². The third kappa shape index (κ3) is 2.35. The molecule has 0 atom stereocenters. The maximum absolute atomic E-state index is 8.58. The molecule has 0 bridgehead atoms. The van der Waals surface area contributed by atoms with Crippen molar-refractivity contribution in [2.24, 2.45) is 0 Å². The lowest BCUT2D eigenvalue weighted by Gasteiger charge is -2.06. The molecule has 1 aromatic carbocycles. The Balaban J connectivity index is 2.07. The number of benzene rings is 1. The summed E-state index contributed by atoms with van der Waals surface area (Å²) in [6.45, 7) is 1.86. The summed E-state index contributed by atoms with van der Waals surface area (Å²) in [7, 11) is 0. The first-order valence-electron chi connectivity index (χ1n) is 5.34. The third-order valence-electron chi connectivity index (χ3n) is 2.51. The Morgan fingerprint density at radius 3 is 2.94 bits per heavy atom. The largest absolute Gasteiger partial charge is 0.399 e. The summed E-state index contributed by atoms with van der Waals surface area (Å²) in [4.78, 5) is 0. The molecule has 0 aliphatic rings. The van der Waals surface area contributed by atoms with Gasteiger partial charge in [0.1, 0.15) is 0 Å². The number of nitrogen functional groups attached to an aromatic ring is 1. The van der Waals surface area contributed by atoms with Crippen LogP contribution in [0.15, 0.2) is 30.5 Å². The van der Waals surface area contributed by atoms with Crippen LogP contribution in [0.3, 0.4) is 0 Å². The first kappa shape index (κ1) is 11.0. The lowest BCUT2D eigenvalue weighted by Crippen LogP contribution is -2.07. The molecule has 3 N–H and O–H groups in total. The summed E-state index contributed by atoms with van der Waals surface area (Å²) in [6.07, 6.45) is 2.02. The van der Waals surface area contributed by atoms with Gasteiger partial charge in [-0.2, -0.15) is 0 Å². The Kier molecular flexibility index (Phi) is 3.44. The van der Waals surface area contributed by atoms with Crippen molar-refractivity contribution in [2.75, 3.05) is 25.6 Å². The maximum atomic E-state index is 8.58. The average Bonchev–Trinajstić information content (AvgIpc) is 2.67. The van der Waals surface area contributed by atoms with E-state index in [1.807, 2.05) is 30.5 Å². The molecule has 0 unspecified atom stereocenters. The first-order valence-corrected chi connectivity index (χ1v) is 5.34. The molecule has 0 radical (unpaired) electrons. The van der Waals surface area contributed by atoms with E-state index >= 15 is 0 Å². The second-order valence-corrected chi connectivity index (χ2v) is 3.66. The molecule has 0 fully saturated rings. The zero-order valence-electron chi connectivity index (χ0n) is 9.10. The summed E-state index contributed by atoms with van der Waals surface area (Å²) in [6, 6.07) is 7.91. The zero-order valence-corrected chi connectivity index (χ0v) is 9.10. The molecule has 16 heavy (non-hydrogen) atoms. The van der Waals surface area contributed by atoms with E-state index in [-0.39, 0.29) is 6.61 Å². The van der Waals surface area contributed by atoms with Crippen molar-refractivity contribution in [3.05, 3.63) is 30.5 Å². The standard InChI is InChI=1S/C12H16N2O2/c13-11-1-2-12-10(9-11)3-4-14(12)5-7-16-8-6-15/h1-4,9,15H,5-8,13H2. The second-order valence-electron chi connectivity index (χ2n) is 3.66. The van der Waals surface area contributed by atoms with Crippen LogP contribution in [0.25, 0.3) is 10.9 Å². The fourth-order valence-corrected chi connectivity index (χ4v) is 1.74. The van der Waals surface area contributed by atoms with E-state index < -0.39 is 0 Å². The number of ether oxygens (including phenoxy) is 1. The highest BCUT2D eigenvalue weighted by Crippen LogP contribution is 2.18. The highest BCUT2D eigenvalue weighted by molar-refractivity contribution is 5.83. The van der Waals surface area contributed by atoms with Crippen molar-refractivity contribution in [2.45, 2.75) is 6.54 Å². The molecule has 1 aromatic heterocycles. The predicted molar refractivity (Wildman–Crippen MR) is 64.3 cm³/mol. The van der Waals surface area contributed by atoms with Gasteiger partial charge in [0, 0.05) is 29.3 Å². The number of aromatic nitrogens is 1. The first-order chi connectivity index (χ1) is 7.81. The van der Waals surface area contributed by atoms with Crippen LogP contribution in [0.2, 0.25) is 0 Å². The van der Waals surface area contributed by atoms with Crippen LogP contribution in [0.5, 0.6) is 0 Å². The Morgan fingerprint density at radius 2 is 2.12 bits per heavy atom. The fraction of sp³-hybridized carbons (Fsp3) is 0.333. The predicted octanol–water partition coefficient (Wildman–Crippen LogP) is 1.23. The molecule has 0 saturated carbocycles. The molecule has 0 aliphatic carbocycles. The highest BCUT2D eigenvalue weighted by Gasteiger charge is 2.00. The van der Waals surface area contributed by atoms with Gasteiger partial charge >= 0.3 is 0 Å². The van der Waals surface area contributed by atoms with Gasteiger partial charge in [0.25, 0.3) is 0 Å². The van der Waals surface area contributed by atoms with Crippen molar-refractivity contribution in [3.8, 4) is 0 Å². The van der Waals surface area contributed by atoms with Gasteiger partial charge in [-0.25, -0.2) is 0 Å². The lowest BCUT2D eigenvalue weighted by atomic mass is 10.2. The van der Waals surface area contributed by atoms with Crippen molar-refractivity contribution in [3.63, 3.8) is 0 Å². The van der Waals surface area contributed by atoms with Gasteiger partial charge in [-0.3, -0.25) is 0 Å². The number of nitrogens with two attached hydrogens (primary N) is 1. The Hall–Kier alpha value is -1.52. The van der Waals surface area contributed by atoms with Gasteiger partial charge in [0.2, 0.25) is 0 Å². The van der Waals surface area contributed by atoms with E-state index in [1.54, 1.807) is 0 Å². The molecule has 1 heterocycles. The van der Waals surface area contributed by atoms with Crippen LogP contribution < -0.4 is 5.73 Å². The van der Waals surface area contributed by atoms with E-state index in [0.717, 1.165) is 23.1 Å². The summed E-state index contributed by atoms with van der Waals surface area (Å²) < 4.78 is 7.35. The molecule has 2 rings (SSSR count). The van der Waals surface area contributed by atoms with Gasteiger partial charge in [-0.1, -0.05) is 0 Å². The van der Waals surface area contributed by atoms with Crippen LogP contribution in [-0.4, -0.2) is 29.5 Å². The van der Waals surface area contributed by atoms with E-state index in [2.05, 4.69) is 4.57 Å². The molecule has 0 aliphatic heterocycles. The van der Waals surface area contributed by atoms with E-state index in [4.69, 9.17) is 15.6 Å². The van der Waals surface area contributed by atoms with Crippen LogP contribution in [0.4, 0.5) is 5.69 Å². The summed E-state index contributed by atoms with van der Waals surface area (Å²) >= 11 is 0. The van der Waals surface area contributed by atoms with E-state index in [0.29, 0.717) is 13.2 Å². The molecular formula is C12H16N2O2. The Labute approximate surface area is 94.2 Å². The third-order valence-corrected chi connectivity index (χ3v) is 2.51. The van der Waals surface area contributed by atoms with Gasteiger partial charge in [-0.15, -0.1) is 0 Å². The highest BCUT2D eigenvalue weighted by atomic mass is 16.5. The topological polar surface area (TPSA) is 60.4 Å². The van der Waals surface area contributed by atoms with Crippen molar-refractivity contribution >= 4 is 16.6 Å². The smallest absolute Gasteiger partial charge is 0.0698 e. The van der Waals surface area contributed by atoms with E-state index in [9.17, 15) is 0 Å². The molecule has 4 nitrogen and oxygen atoms in total. The minimum Gasteiger partial charge on any atom is -0.399 e. The molecule has 0 amide bonds. The number of aliphatic hydroxyl groups is 1. The zero-order chi connectivity index (χ0) is 11.4. The fourth-order valence-electron chi connectivity index (χ4n) is 1.74. The Bertz CT molecular complexity index is 465. The SMILES string of the molecule is Nc1ccc2c(ccn2CCOCCO)c1. The molecule has 0 saturated heterocycles. The monoisotopic (exact) mass is 220 g/mol. The normalized spacial score (nSPS) is 11.1. The van der Waals surface area contributed by atoms with Gasteiger partial charge in [0.05, 0.1) is 19.8 Å². The number of rotatable bonds is 5. The molecule has 86 valence electrons. The number of aliphatic hydroxyl groups excluding tert-OH is 1. The molecular weight excluding hydrogens is 204 g/mol. The number of fused-ring (bicyclic) bond motifs is 1. The average molecular weight is 220 g/mol. The number of anilines is 1. The van der Waals surface area contributed by atoms with Crippen LogP contribution in [-0.2, 0) is 11.3 Å². The Morgan fingerprint density at radius 1 is 1.25 bits per heavy atom. The second kappa shape index (κ2) is 5.01. The number of hydrogen-bond acceptors (Lipinski definition) is 3. The number of nitrogens with zero attached hydrogens (tertiary/aromatic N) is 1.